The summed E-state index contributed by atoms with van der Waals surface area (Å²) in [5.41, 5.74) is 1.94. The van der Waals surface area contributed by atoms with Crippen molar-refractivity contribution in [3.63, 3.8) is 0 Å². The average molecular weight is 461 g/mol. The van der Waals surface area contributed by atoms with Gasteiger partial charge in [-0.05, 0) is 48.4 Å². The zero-order chi connectivity index (χ0) is 23.7. The molecule has 0 atom stereocenters. The fraction of sp³-hybridized carbons (Fsp3) is 0.348. The van der Waals surface area contributed by atoms with Crippen LogP contribution in [-0.4, -0.2) is 46.4 Å². The number of anilines is 1. The van der Waals surface area contributed by atoms with Crippen molar-refractivity contribution < 1.29 is 28.5 Å². The highest BCUT2D eigenvalue weighted by atomic mass is 35.5. The smallest absolute Gasteiger partial charge is 0.310 e. The van der Waals surface area contributed by atoms with Crippen LogP contribution in [0.15, 0.2) is 30.3 Å². The van der Waals surface area contributed by atoms with Gasteiger partial charge in [0.1, 0.15) is 0 Å². The van der Waals surface area contributed by atoms with Gasteiger partial charge < -0.3 is 23.8 Å². The maximum Gasteiger partial charge on any atom is 0.310 e. The topological polar surface area (TPSA) is 98.1 Å². The molecule has 9 heteroatoms. The number of carbonyl (C=O) groups is 2. The van der Waals surface area contributed by atoms with E-state index in [0.717, 1.165) is 5.56 Å². The highest BCUT2D eigenvalue weighted by molar-refractivity contribution is 6.31. The summed E-state index contributed by atoms with van der Waals surface area (Å²) in [7, 11) is 4.44. The summed E-state index contributed by atoms with van der Waals surface area (Å²) in [6.45, 7) is 1.52. The zero-order valence-corrected chi connectivity index (χ0v) is 19.2. The lowest BCUT2D eigenvalue weighted by atomic mass is 10.1. The largest absolute Gasteiger partial charge is 0.493 e. The Kier molecular flexibility index (Phi) is 9.17. The lowest BCUT2D eigenvalue weighted by Crippen LogP contribution is -2.35. The molecule has 0 radical (unpaired) electrons. The lowest BCUT2D eigenvalue weighted by Gasteiger charge is -2.22. The Morgan fingerprint density at radius 3 is 2.25 bits per heavy atom. The molecule has 0 fully saturated rings. The van der Waals surface area contributed by atoms with Gasteiger partial charge in [0.15, 0.2) is 18.1 Å². The summed E-state index contributed by atoms with van der Waals surface area (Å²) in [5.74, 6) is 0.187. The van der Waals surface area contributed by atoms with E-state index in [1.54, 1.807) is 30.3 Å². The van der Waals surface area contributed by atoms with Crippen molar-refractivity contribution in [2.24, 2.45) is 0 Å². The van der Waals surface area contributed by atoms with Crippen molar-refractivity contribution in [3.05, 3.63) is 46.5 Å². The molecule has 2 rings (SSSR count). The highest BCUT2D eigenvalue weighted by Gasteiger charge is 2.20. The van der Waals surface area contributed by atoms with E-state index in [1.165, 1.54) is 26.2 Å². The number of benzene rings is 2. The van der Waals surface area contributed by atoms with E-state index in [9.17, 15) is 9.59 Å². The van der Waals surface area contributed by atoms with Crippen LogP contribution < -0.4 is 19.1 Å². The maximum absolute atomic E-state index is 12.7. The van der Waals surface area contributed by atoms with Gasteiger partial charge in [-0.25, -0.2) is 0 Å². The predicted octanol–water partition coefficient (Wildman–Crippen LogP) is 3.71. The minimum atomic E-state index is -0.597. The summed E-state index contributed by atoms with van der Waals surface area (Å²) in [6, 6.07) is 10.4. The van der Waals surface area contributed by atoms with Crippen molar-refractivity contribution in [1.82, 2.24) is 0 Å². The Morgan fingerprint density at radius 1 is 1.06 bits per heavy atom. The summed E-state index contributed by atoms with van der Waals surface area (Å²) in [6.07, 6.45) is 0.0367. The third kappa shape index (κ3) is 6.28. The van der Waals surface area contributed by atoms with E-state index < -0.39 is 18.5 Å². The first-order valence-electron chi connectivity index (χ1n) is 9.72. The SMILES string of the molecule is COc1cc(CC(=O)OCC(=O)N(CCC#N)c2ccc(Cl)c(C)c2)cc(OC)c1OC. The fourth-order valence-corrected chi connectivity index (χ4v) is 3.15. The number of hydrogen-bond acceptors (Lipinski definition) is 7. The van der Waals surface area contributed by atoms with Crippen LogP contribution in [0.5, 0.6) is 17.2 Å². The second-order valence-corrected chi connectivity index (χ2v) is 7.17. The van der Waals surface area contributed by atoms with Gasteiger partial charge in [-0.15, -0.1) is 0 Å². The van der Waals surface area contributed by atoms with E-state index in [0.29, 0.717) is 33.5 Å². The highest BCUT2D eigenvalue weighted by Crippen LogP contribution is 2.38. The number of esters is 1. The van der Waals surface area contributed by atoms with Gasteiger partial charge in [-0.1, -0.05) is 11.6 Å². The van der Waals surface area contributed by atoms with Crippen molar-refractivity contribution >= 4 is 29.2 Å². The van der Waals surface area contributed by atoms with Crippen LogP contribution >= 0.6 is 11.6 Å². The summed E-state index contributed by atoms with van der Waals surface area (Å²) in [5, 5.41) is 9.49. The number of methoxy groups -OCH3 is 3. The molecule has 0 aliphatic carbocycles. The molecular weight excluding hydrogens is 436 g/mol. The standard InChI is InChI=1S/C23H25ClN2O6/c1-15-10-17(6-7-18(15)24)26(9-5-8-25)21(27)14-32-22(28)13-16-11-19(29-2)23(31-4)20(12-16)30-3/h6-7,10-12H,5,9,13-14H2,1-4H3. The molecule has 0 N–H and O–H groups in total. The zero-order valence-electron chi connectivity index (χ0n) is 18.4. The first-order valence-corrected chi connectivity index (χ1v) is 10.1. The number of aryl methyl sites for hydroxylation is 1. The lowest BCUT2D eigenvalue weighted by molar-refractivity contribution is -0.147. The molecule has 2 aromatic rings. The molecule has 0 heterocycles. The first-order chi connectivity index (χ1) is 15.3. The number of halogens is 1. The van der Waals surface area contributed by atoms with Gasteiger partial charge in [0.2, 0.25) is 5.75 Å². The first kappa shape index (κ1) is 24.8. The van der Waals surface area contributed by atoms with Gasteiger partial charge in [0, 0.05) is 17.3 Å². The summed E-state index contributed by atoms with van der Waals surface area (Å²) in [4.78, 5) is 26.5. The molecule has 0 unspecified atom stereocenters. The third-order valence-electron chi connectivity index (χ3n) is 4.63. The Bertz CT molecular complexity index is 993. The van der Waals surface area contributed by atoms with Crippen molar-refractivity contribution in [2.45, 2.75) is 19.8 Å². The minimum Gasteiger partial charge on any atom is -0.493 e. The average Bonchev–Trinajstić information content (AvgIpc) is 2.79. The quantitative estimate of drug-likeness (QED) is 0.498. The normalized spacial score (nSPS) is 10.1. The Balaban J connectivity index is 2.09. The molecule has 32 heavy (non-hydrogen) atoms. The van der Waals surface area contributed by atoms with E-state index >= 15 is 0 Å². The molecule has 0 saturated heterocycles. The number of nitriles is 1. The van der Waals surface area contributed by atoms with Crippen LogP contribution in [0.4, 0.5) is 5.69 Å². The molecule has 0 bridgehead atoms. The molecule has 0 saturated carbocycles. The molecule has 0 aromatic heterocycles. The van der Waals surface area contributed by atoms with Crippen molar-refractivity contribution in [1.29, 1.82) is 5.26 Å². The Morgan fingerprint density at radius 2 is 1.72 bits per heavy atom. The van der Waals surface area contributed by atoms with Crippen LogP contribution in [0.2, 0.25) is 5.02 Å². The van der Waals surface area contributed by atoms with E-state index in [1.807, 2.05) is 13.0 Å². The van der Waals surface area contributed by atoms with Crippen molar-refractivity contribution in [3.8, 4) is 23.3 Å². The molecule has 8 nitrogen and oxygen atoms in total. The van der Waals surface area contributed by atoms with Crippen molar-refractivity contribution in [2.75, 3.05) is 39.4 Å². The molecular formula is C23H25ClN2O6. The van der Waals surface area contributed by atoms with Gasteiger partial charge in [0.25, 0.3) is 5.91 Å². The van der Waals surface area contributed by atoms with E-state index in [-0.39, 0.29) is 19.4 Å². The van der Waals surface area contributed by atoms with Crippen LogP contribution in [-0.2, 0) is 20.7 Å². The molecule has 0 spiro atoms. The molecule has 2 aromatic carbocycles. The van der Waals surface area contributed by atoms with Gasteiger partial charge >= 0.3 is 5.97 Å². The van der Waals surface area contributed by atoms with Crippen LogP contribution in [0.3, 0.4) is 0 Å². The van der Waals surface area contributed by atoms with Gasteiger partial charge in [-0.2, -0.15) is 5.26 Å². The second-order valence-electron chi connectivity index (χ2n) is 6.76. The van der Waals surface area contributed by atoms with E-state index in [4.69, 9.17) is 35.8 Å². The monoisotopic (exact) mass is 460 g/mol. The summed E-state index contributed by atoms with van der Waals surface area (Å²) < 4.78 is 21.0. The van der Waals surface area contributed by atoms with Crippen LogP contribution in [0, 0.1) is 18.3 Å². The van der Waals surface area contributed by atoms with E-state index in [2.05, 4.69) is 0 Å². The molecule has 0 aliphatic heterocycles. The Hall–Kier alpha value is -3.44. The van der Waals surface area contributed by atoms with Crippen LogP contribution in [0.25, 0.3) is 0 Å². The Labute approximate surface area is 192 Å². The van der Waals surface area contributed by atoms with Gasteiger partial charge in [0.05, 0.1) is 40.2 Å². The number of hydrogen-bond donors (Lipinski definition) is 0. The number of rotatable bonds is 10. The summed E-state index contributed by atoms with van der Waals surface area (Å²) >= 11 is 6.06. The number of ether oxygens (including phenoxy) is 4. The second kappa shape index (κ2) is 11.8. The molecule has 1 amide bonds. The third-order valence-corrected chi connectivity index (χ3v) is 5.06. The number of amides is 1. The van der Waals surface area contributed by atoms with Gasteiger partial charge in [-0.3, -0.25) is 9.59 Å². The number of nitrogens with zero attached hydrogens (tertiary/aromatic N) is 2. The fourth-order valence-electron chi connectivity index (χ4n) is 3.03. The van der Waals surface area contributed by atoms with Crippen LogP contribution in [0.1, 0.15) is 17.5 Å². The minimum absolute atomic E-state index is 0.0950. The predicted molar refractivity (Wildman–Crippen MR) is 120 cm³/mol. The maximum atomic E-state index is 12.7. The molecule has 0 aliphatic rings. The molecule has 170 valence electrons. The number of carbonyl (C=O) groups excluding carboxylic acids is 2.